The number of amides is 1. The van der Waals surface area contributed by atoms with Crippen LogP contribution in [0, 0.1) is 5.41 Å². The van der Waals surface area contributed by atoms with Crippen molar-refractivity contribution in [2.75, 3.05) is 19.8 Å². The smallest absolute Gasteiger partial charge is 0.311 e. The van der Waals surface area contributed by atoms with Gasteiger partial charge in [-0.25, -0.2) is 4.98 Å². The van der Waals surface area contributed by atoms with E-state index in [1.165, 1.54) is 22.2 Å². The van der Waals surface area contributed by atoms with Crippen LogP contribution in [-0.2, 0) is 20.9 Å². The minimum absolute atomic E-state index is 0.0212. The number of aromatic nitrogens is 2. The molecule has 0 bridgehead atoms. The fourth-order valence-electron chi connectivity index (χ4n) is 2.71. The van der Waals surface area contributed by atoms with Gasteiger partial charge in [0.1, 0.15) is 11.4 Å². The predicted octanol–water partition coefficient (Wildman–Crippen LogP) is 0.456. The lowest BCUT2D eigenvalue weighted by molar-refractivity contribution is -0.154. The summed E-state index contributed by atoms with van der Waals surface area (Å²) in [7, 11) is 0. The molecule has 0 atom stereocenters. The van der Waals surface area contributed by atoms with Gasteiger partial charge in [-0.3, -0.25) is 19.0 Å². The molecule has 1 fully saturated rings. The van der Waals surface area contributed by atoms with E-state index in [1.54, 1.807) is 11.4 Å². The third-order valence-electron chi connectivity index (χ3n) is 4.29. The summed E-state index contributed by atoms with van der Waals surface area (Å²) in [4.78, 5) is 40.7. The maximum atomic E-state index is 12.2. The zero-order valence-corrected chi connectivity index (χ0v) is 13.7. The number of carbonyl (C=O) groups excluding carboxylic acids is 1. The lowest BCUT2D eigenvalue weighted by atomic mass is 9.80. The Balaban J connectivity index is 1.67. The van der Waals surface area contributed by atoms with Gasteiger partial charge in [-0.15, -0.1) is 11.3 Å². The number of thiophene rings is 1. The molecule has 0 radical (unpaired) electrons. The van der Waals surface area contributed by atoms with Crippen molar-refractivity contribution < 1.29 is 19.4 Å². The molecule has 1 aliphatic heterocycles. The van der Waals surface area contributed by atoms with Crippen molar-refractivity contribution in [1.29, 1.82) is 0 Å². The highest BCUT2D eigenvalue weighted by Crippen LogP contribution is 2.30. The van der Waals surface area contributed by atoms with E-state index >= 15 is 0 Å². The average molecular weight is 351 g/mol. The zero-order chi connectivity index (χ0) is 17.2. The normalized spacial score (nSPS) is 16.8. The number of rotatable bonds is 5. The number of fused-ring (bicyclic) bond motifs is 1. The second-order valence-electron chi connectivity index (χ2n) is 5.79. The van der Waals surface area contributed by atoms with Gasteiger partial charge in [0.05, 0.1) is 17.1 Å². The van der Waals surface area contributed by atoms with Crippen LogP contribution >= 0.6 is 11.3 Å². The first-order valence-electron chi connectivity index (χ1n) is 7.52. The van der Waals surface area contributed by atoms with E-state index in [9.17, 15) is 19.5 Å². The Labute approximate surface area is 141 Å². The van der Waals surface area contributed by atoms with Crippen LogP contribution in [0.1, 0.15) is 12.8 Å². The van der Waals surface area contributed by atoms with E-state index in [4.69, 9.17) is 4.74 Å². The van der Waals surface area contributed by atoms with E-state index < -0.39 is 17.3 Å². The van der Waals surface area contributed by atoms with Crippen LogP contribution in [-0.4, -0.2) is 46.3 Å². The summed E-state index contributed by atoms with van der Waals surface area (Å²) < 4.78 is 6.42. The molecule has 2 aromatic rings. The molecular weight excluding hydrogens is 334 g/mol. The molecular formula is C15H17N3O5S. The lowest BCUT2D eigenvalue weighted by Crippen LogP contribution is -2.47. The second kappa shape index (κ2) is 6.70. The minimum Gasteiger partial charge on any atom is -0.481 e. The van der Waals surface area contributed by atoms with Crippen LogP contribution in [0.15, 0.2) is 22.6 Å². The van der Waals surface area contributed by atoms with E-state index in [1.807, 2.05) is 0 Å². The van der Waals surface area contributed by atoms with Crippen molar-refractivity contribution >= 4 is 33.4 Å². The first-order chi connectivity index (χ1) is 11.5. The average Bonchev–Trinajstić information content (AvgIpc) is 3.06. The molecule has 2 aromatic heterocycles. The number of nitrogens with one attached hydrogen (secondary N) is 1. The molecule has 24 heavy (non-hydrogen) atoms. The molecule has 1 aliphatic rings. The number of nitrogens with zero attached hydrogens (tertiary/aromatic N) is 2. The maximum absolute atomic E-state index is 12.2. The number of carbonyl (C=O) groups is 2. The van der Waals surface area contributed by atoms with E-state index in [-0.39, 0.29) is 18.6 Å². The summed E-state index contributed by atoms with van der Waals surface area (Å²) in [6.07, 6.45) is 2.04. The van der Waals surface area contributed by atoms with E-state index in [0.717, 1.165) is 0 Å². The summed E-state index contributed by atoms with van der Waals surface area (Å²) in [6.45, 7) is 0.554. The Hall–Kier alpha value is -2.26. The largest absolute Gasteiger partial charge is 0.481 e. The zero-order valence-electron chi connectivity index (χ0n) is 12.9. The topological polar surface area (TPSA) is 111 Å². The van der Waals surface area contributed by atoms with Gasteiger partial charge in [0.2, 0.25) is 5.91 Å². The number of carboxylic acid groups (broad SMARTS) is 1. The van der Waals surface area contributed by atoms with Crippen molar-refractivity contribution in [2.24, 2.45) is 5.41 Å². The van der Waals surface area contributed by atoms with Crippen molar-refractivity contribution in [3.05, 3.63) is 28.1 Å². The Morgan fingerprint density at radius 1 is 1.42 bits per heavy atom. The van der Waals surface area contributed by atoms with Gasteiger partial charge in [0.25, 0.3) is 5.56 Å². The van der Waals surface area contributed by atoms with Crippen LogP contribution in [0.3, 0.4) is 0 Å². The molecule has 3 heterocycles. The highest BCUT2D eigenvalue weighted by atomic mass is 32.1. The fraction of sp³-hybridized carbons (Fsp3) is 0.467. The van der Waals surface area contributed by atoms with Gasteiger partial charge in [-0.05, 0) is 24.3 Å². The van der Waals surface area contributed by atoms with Gasteiger partial charge in [-0.1, -0.05) is 0 Å². The first kappa shape index (κ1) is 16.6. The van der Waals surface area contributed by atoms with Crippen molar-refractivity contribution in [3.63, 3.8) is 0 Å². The molecule has 9 heteroatoms. The summed E-state index contributed by atoms with van der Waals surface area (Å²) in [6, 6.07) is 1.67. The number of ether oxygens (including phenoxy) is 1. The van der Waals surface area contributed by atoms with Gasteiger partial charge < -0.3 is 15.2 Å². The minimum atomic E-state index is -1.01. The summed E-state index contributed by atoms with van der Waals surface area (Å²) >= 11 is 1.36. The summed E-state index contributed by atoms with van der Waals surface area (Å²) in [5, 5.41) is 14.3. The van der Waals surface area contributed by atoms with Crippen molar-refractivity contribution in [2.45, 2.75) is 19.4 Å². The highest BCUT2D eigenvalue weighted by Gasteiger charge is 2.40. The van der Waals surface area contributed by atoms with Gasteiger partial charge in [0.15, 0.2) is 0 Å². The molecule has 8 nitrogen and oxygen atoms in total. The van der Waals surface area contributed by atoms with Gasteiger partial charge in [0, 0.05) is 19.8 Å². The fourth-order valence-corrected chi connectivity index (χ4v) is 3.44. The standard InChI is InChI=1S/C15H17N3O5S/c19-11(16-8-15(14(21)22)2-4-23-5-3-15)7-18-9-17-12-10(13(18)20)1-6-24-12/h1,6,9H,2-5,7-8H2,(H,16,19)(H,21,22). The molecule has 0 saturated carbocycles. The number of hydrogen-bond acceptors (Lipinski definition) is 6. The molecule has 3 rings (SSSR count). The SMILES string of the molecule is O=C(Cn1cnc2sccc2c1=O)NCC1(C(=O)O)CCOCC1. The molecule has 1 amide bonds. The third-order valence-corrected chi connectivity index (χ3v) is 5.11. The third kappa shape index (κ3) is 3.17. The van der Waals surface area contributed by atoms with Crippen molar-refractivity contribution in [1.82, 2.24) is 14.9 Å². The Bertz CT molecular complexity index is 822. The Morgan fingerprint density at radius 3 is 2.88 bits per heavy atom. The van der Waals surface area contributed by atoms with Crippen LogP contribution in [0.2, 0.25) is 0 Å². The summed E-state index contributed by atoms with van der Waals surface area (Å²) in [5.74, 6) is -1.36. The second-order valence-corrected chi connectivity index (χ2v) is 6.69. The van der Waals surface area contributed by atoms with Crippen molar-refractivity contribution in [3.8, 4) is 0 Å². The molecule has 0 spiro atoms. The highest BCUT2D eigenvalue weighted by molar-refractivity contribution is 7.16. The van der Waals surface area contributed by atoms with Gasteiger partial charge in [-0.2, -0.15) is 0 Å². The number of carboxylic acids is 1. The van der Waals surface area contributed by atoms with E-state index in [0.29, 0.717) is 36.3 Å². The predicted molar refractivity (Wildman–Crippen MR) is 87.0 cm³/mol. The molecule has 0 aliphatic carbocycles. The summed E-state index contributed by atoms with van der Waals surface area (Å²) in [5.41, 5.74) is -1.29. The number of hydrogen-bond donors (Lipinski definition) is 2. The Kier molecular flexibility index (Phi) is 4.63. The molecule has 1 saturated heterocycles. The maximum Gasteiger partial charge on any atom is 0.311 e. The first-order valence-corrected chi connectivity index (χ1v) is 8.40. The molecule has 0 aromatic carbocycles. The monoisotopic (exact) mass is 351 g/mol. The molecule has 128 valence electrons. The van der Waals surface area contributed by atoms with E-state index in [2.05, 4.69) is 10.3 Å². The van der Waals surface area contributed by atoms with Crippen LogP contribution in [0.25, 0.3) is 10.2 Å². The molecule has 2 N–H and O–H groups in total. The molecule has 0 unspecified atom stereocenters. The van der Waals surface area contributed by atoms with Crippen LogP contribution in [0.4, 0.5) is 0 Å². The van der Waals surface area contributed by atoms with Gasteiger partial charge >= 0.3 is 5.97 Å². The Morgan fingerprint density at radius 2 is 2.17 bits per heavy atom. The quantitative estimate of drug-likeness (QED) is 0.809. The van der Waals surface area contributed by atoms with Crippen LogP contribution in [0.5, 0.6) is 0 Å². The number of aliphatic carboxylic acids is 1. The lowest BCUT2D eigenvalue weighted by Gasteiger charge is -2.33. The van der Waals surface area contributed by atoms with Crippen LogP contribution < -0.4 is 10.9 Å².